The van der Waals surface area contributed by atoms with Gasteiger partial charge in [-0.25, -0.2) is 24.7 Å². The van der Waals surface area contributed by atoms with E-state index in [9.17, 15) is 13.6 Å². The molecular weight excluding hydrogens is 450 g/mol. The number of H-pyrrole nitrogens is 1. The largest absolute Gasteiger partial charge is 0.453 e. The highest BCUT2D eigenvalue weighted by atomic mass is 19.3. The third-order valence-corrected chi connectivity index (χ3v) is 5.09. The third kappa shape index (κ3) is 5.47. The van der Waals surface area contributed by atoms with Crippen molar-refractivity contribution >= 4 is 17.9 Å². The molecule has 0 radical (unpaired) electrons. The zero-order valence-electron chi connectivity index (χ0n) is 18.5. The van der Waals surface area contributed by atoms with Crippen LogP contribution in [0.2, 0.25) is 0 Å². The summed E-state index contributed by atoms with van der Waals surface area (Å²) in [4.78, 5) is 32.1. The summed E-state index contributed by atoms with van der Waals surface area (Å²) in [5.41, 5.74) is 7.74. The number of nitrogens with one attached hydrogen (secondary N) is 3. The maximum Gasteiger partial charge on any atom is 0.407 e. The van der Waals surface area contributed by atoms with Crippen molar-refractivity contribution in [3.05, 3.63) is 30.4 Å². The molecule has 1 aliphatic rings. The number of amides is 1. The second-order valence-corrected chi connectivity index (χ2v) is 7.79. The number of aromatic amines is 1. The van der Waals surface area contributed by atoms with Gasteiger partial charge in [-0.2, -0.15) is 8.78 Å². The van der Waals surface area contributed by atoms with Gasteiger partial charge in [-0.1, -0.05) is 0 Å². The number of alkyl carbamates (subject to hydrolysis) is 1. The summed E-state index contributed by atoms with van der Waals surface area (Å²) in [6.45, 7) is -0.875. The van der Waals surface area contributed by atoms with Gasteiger partial charge in [0.2, 0.25) is 5.95 Å². The Labute approximate surface area is 193 Å². The van der Waals surface area contributed by atoms with E-state index in [2.05, 4.69) is 40.0 Å². The average molecular weight is 474 g/mol. The first-order valence-corrected chi connectivity index (χ1v) is 10.6. The highest BCUT2D eigenvalue weighted by Crippen LogP contribution is 2.42. The molecule has 1 aliphatic carbocycles. The monoisotopic (exact) mass is 474 g/mol. The third-order valence-electron chi connectivity index (χ3n) is 5.09. The molecule has 0 aliphatic heterocycles. The van der Waals surface area contributed by atoms with Gasteiger partial charge in [0.25, 0.3) is 0 Å². The predicted octanol–water partition coefficient (Wildman–Crippen LogP) is 3.15. The van der Waals surface area contributed by atoms with Crippen LogP contribution in [-0.4, -0.2) is 57.3 Å². The number of pyridine rings is 1. The second-order valence-electron chi connectivity index (χ2n) is 7.79. The van der Waals surface area contributed by atoms with Crippen molar-refractivity contribution in [1.29, 1.82) is 0 Å². The molecule has 1 fully saturated rings. The van der Waals surface area contributed by atoms with Crippen LogP contribution in [0.25, 0.3) is 22.6 Å². The molecule has 34 heavy (non-hydrogen) atoms. The highest BCUT2D eigenvalue weighted by Gasteiger charge is 2.29. The number of hydrogen-bond acceptors (Lipinski definition) is 9. The minimum Gasteiger partial charge on any atom is -0.453 e. The molecule has 3 aromatic heterocycles. The Hall–Kier alpha value is -4.03. The van der Waals surface area contributed by atoms with Gasteiger partial charge in [-0.05, 0) is 31.9 Å². The van der Waals surface area contributed by atoms with Crippen LogP contribution in [0.4, 0.5) is 25.3 Å². The fourth-order valence-corrected chi connectivity index (χ4v) is 3.25. The molecular formula is C21H24F2N8O3. The van der Waals surface area contributed by atoms with Crippen molar-refractivity contribution in [2.45, 2.75) is 38.3 Å². The molecule has 0 bridgehead atoms. The summed E-state index contributed by atoms with van der Waals surface area (Å²) in [7, 11) is 1.29. The number of rotatable bonds is 9. The van der Waals surface area contributed by atoms with E-state index >= 15 is 0 Å². The topological polar surface area (TPSA) is 153 Å². The van der Waals surface area contributed by atoms with Crippen LogP contribution in [0.5, 0.6) is 5.75 Å². The van der Waals surface area contributed by atoms with E-state index in [1.807, 2.05) is 0 Å². The van der Waals surface area contributed by atoms with Gasteiger partial charge in [0, 0.05) is 36.5 Å². The van der Waals surface area contributed by atoms with Crippen molar-refractivity contribution in [3.8, 4) is 28.4 Å². The van der Waals surface area contributed by atoms with E-state index in [4.69, 9.17) is 10.7 Å². The zero-order valence-corrected chi connectivity index (χ0v) is 18.5. The Morgan fingerprint density at radius 2 is 2.12 bits per heavy atom. The molecule has 0 aromatic carbocycles. The molecule has 0 saturated heterocycles. The fourth-order valence-electron chi connectivity index (χ4n) is 3.25. The molecule has 1 unspecified atom stereocenters. The Balaban J connectivity index is 1.63. The number of alkyl halides is 2. The summed E-state index contributed by atoms with van der Waals surface area (Å²) >= 11 is 0. The first-order chi connectivity index (χ1) is 16.3. The molecule has 11 nitrogen and oxygen atoms in total. The van der Waals surface area contributed by atoms with Crippen LogP contribution < -0.4 is 21.1 Å². The highest BCUT2D eigenvalue weighted by molar-refractivity contribution is 5.78. The fraction of sp³-hybridized carbons (Fsp3) is 0.381. The lowest BCUT2D eigenvalue weighted by Crippen LogP contribution is -2.37. The van der Waals surface area contributed by atoms with Crippen molar-refractivity contribution in [1.82, 2.24) is 30.2 Å². The number of nitrogens with two attached hydrogens (primary N) is 1. The van der Waals surface area contributed by atoms with Crippen LogP contribution in [-0.2, 0) is 4.74 Å². The van der Waals surface area contributed by atoms with Crippen LogP contribution in [0.15, 0.2) is 24.5 Å². The minimum atomic E-state index is -3.04. The standard InChI is InChI=1S/C21H24F2N8O3/c1-10(28-21(32)33-2)8-27-20-25-6-5-13(29-20)16-15(30-18(31-16)11-3-4-11)12-7-14(34-19(22)23)17(24)26-9-12/h5-7,9-11,19H,3-4,8H2,1-2H3,(H2,24,26)(H,28,32)(H,30,31)(H,25,27,29). The Morgan fingerprint density at radius 1 is 1.32 bits per heavy atom. The maximum atomic E-state index is 12.8. The van der Waals surface area contributed by atoms with Crippen LogP contribution in [0, 0.1) is 0 Å². The van der Waals surface area contributed by atoms with Crippen molar-refractivity contribution in [2.75, 3.05) is 24.7 Å². The van der Waals surface area contributed by atoms with E-state index in [-0.39, 0.29) is 17.6 Å². The normalized spacial score (nSPS) is 14.0. The molecule has 4 rings (SSSR count). The number of ether oxygens (including phenoxy) is 2. The molecule has 1 saturated carbocycles. The molecule has 3 aromatic rings. The summed E-state index contributed by atoms with van der Waals surface area (Å²) in [6.07, 6.45) is 4.51. The number of aromatic nitrogens is 5. The number of imidazole rings is 1. The van der Waals surface area contributed by atoms with Gasteiger partial charge in [-0.3, -0.25) is 0 Å². The van der Waals surface area contributed by atoms with Gasteiger partial charge in [0.15, 0.2) is 11.6 Å². The molecule has 1 atom stereocenters. The van der Waals surface area contributed by atoms with Gasteiger partial charge in [-0.15, -0.1) is 0 Å². The number of hydrogen-bond donors (Lipinski definition) is 4. The number of nitrogen functional groups attached to an aromatic ring is 1. The number of nitrogens with zero attached hydrogens (tertiary/aromatic N) is 4. The summed E-state index contributed by atoms with van der Waals surface area (Å²) in [5, 5.41) is 5.71. The number of anilines is 2. The van der Waals surface area contributed by atoms with Gasteiger partial charge in [0.05, 0.1) is 24.2 Å². The van der Waals surface area contributed by atoms with E-state index in [1.165, 1.54) is 19.4 Å². The lowest BCUT2D eigenvalue weighted by molar-refractivity contribution is -0.0494. The first-order valence-electron chi connectivity index (χ1n) is 10.6. The second kappa shape index (κ2) is 9.85. The summed E-state index contributed by atoms with van der Waals surface area (Å²) in [6, 6.07) is 2.85. The van der Waals surface area contributed by atoms with Crippen LogP contribution in [0.3, 0.4) is 0 Å². The Bertz CT molecular complexity index is 1170. The first kappa shape index (κ1) is 23.1. The molecule has 0 spiro atoms. The quantitative estimate of drug-likeness (QED) is 0.366. The SMILES string of the molecule is COC(=O)NC(C)CNc1nccc(-c2[nH]c(C3CC3)nc2-c2cnc(N)c(OC(F)F)c2)n1. The smallest absolute Gasteiger partial charge is 0.407 e. The van der Waals surface area contributed by atoms with Gasteiger partial charge in [0.1, 0.15) is 5.82 Å². The Kier molecular flexibility index (Phi) is 6.70. The van der Waals surface area contributed by atoms with Crippen molar-refractivity contribution in [2.24, 2.45) is 0 Å². The average Bonchev–Trinajstić information content (AvgIpc) is 3.57. The van der Waals surface area contributed by atoms with Crippen LogP contribution in [0.1, 0.15) is 31.5 Å². The van der Waals surface area contributed by atoms with Crippen LogP contribution >= 0.6 is 0 Å². The minimum absolute atomic E-state index is 0.147. The molecule has 13 heteroatoms. The van der Waals surface area contributed by atoms with E-state index in [0.717, 1.165) is 18.7 Å². The molecule has 5 N–H and O–H groups in total. The number of halogens is 2. The lowest BCUT2D eigenvalue weighted by atomic mass is 10.1. The van der Waals surface area contributed by atoms with E-state index in [1.54, 1.807) is 19.2 Å². The maximum absolute atomic E-state index is 12.8. The molecule has 1 amide bonds. The lowest BCUT2D eigenvalue weighted by Gasteiger charge is -2.14. The zero-order chi connectivity index (χ0) is 24.2. The number of methoxy groups -OCH3 is 1. The summed E-state index contributed by atoms with van der Waals surface area (Å²) < 4.78 is 34.6. The molecule has 180 valence electrons. The van der Waals surface area contributed by atoms with Gasteiger partial charge >= 0.3 is 12.7 Å². The van der Waals surface area contributed by atoms with Crippen molar-refractivity contribution < 1.29 is 23.0 Å². The number of carbonyl (C=O) groups is 1. The van der Waals surface area contributed by atoms with Gasteiger partial charge < -0.3 is 30.8 Å². The summed E-state index contributed by atoms with van der Waals surface area (Å²) in [5.74, 6) is 1.04. The predicted molar refractivity (Wildman–Crippen MR) is 119 cm³/mol. The van der Waals surface area contributed by atoms with E-state index < -0.39 is 12.7 Å². The van der Waals surface area contributed by atoms with Crippen molar-refractivity contribution in [3.63, 3.8) is 0 Å². The molecule has 3 heterocycles. The van der Waals surface area contributed by atoms with E-state index in [0.29, 0.717) is 41.1 Å². The number of carbonyl (C=O) groups excluding carboxylic acids is 1. The Morgan fingerprint density at radius 3 is 2.82 bits per heavy atom.